The monoisotopic (exact) mass is 308 g/mol. The molecule has 1 amide bonds. The van der Waals surface area contributed by atoms with Crippen molar-refractivity contribution in [3.05, 3.63) is 39.9 Å². The van der Waals surface area contributed by atoms with E-state index in [0.29, 0.717) is 25.2 Å². The van der Waals surface area contributed by atoms with Gasteiger partial charge in [0.15, 0.2) is 0 Å². The first-order valence-electron chi connectivity index (χ1n) is 6.81. The zero-order valence-electron chi connectivity index (χ0n) is 11.7. The van der Waals surface area contributed by atoms with Gasteiger partial charge in [0.1, 0.15) is 6.04 Å². The zero-order valence-corrected chi connectivity index (χ0v) is 11.7. The van der Waals surface area contributed by atoms with Crippen LogP contribution in [0, 0.1) is 16.0 Å². The van der Waals surface area contributed by atoms with Crippen LogP contribution in [0.1, 0.15) is 12.0 Å². The molecule has 1 aliphatic rings. The molecule has 0 saturated carbocycles. The molecule has 0 spiro atoms. The molecular formula is C14H16N2O6. The first-order valence-corrected chi connectivity index (χ1v) is 6.81. The standard InChI is InChI=1S/C14H16N2O6/c17-13(10-5-6-22-8-10)15-12(14(18)19)7-9-1-3-11(4-2-9)16(20)21/h1-4,10,12H,5-8H2,(H,15,17)(H,18,19)/t10-,12+/m0/s1. The summed E-state index contributed by atoms with van der Waals surface area (Å²) in [6, 6.07) is 4.51. The van der Waals surface area contributed by atoms with Gasteiger partial charge in [-0.1, -0.05) is 12.1 Å². The second-order valence-electron chi connectivity index (χ2n) is 5.09. The Morgan fingerprint density at radius 3 is 2.59 bits per heavy atom. The maximum Gasteiger partial charge on any atom is 0.326 e. The van der Waals surface area contributed by atoms with Crippen LogP contribution in [-0.2, 0) is 20.7 Å². The summed E-state index contributed by atoms with van der Waals surface area (Å²) in [7, 11) is 0. The van der Waals surface area contributed by atoms with E-state index in [9.17, 15) is 24.8 Å². The van der Waals surface area contributed by atoms with Gasteiger partial charge in [0.2, 0.25) is 5.91 Å². The van der Waals surface area contributed by atoms with Gasteiger partial charge in [0, 0.05) is 25.2 Å². The van der Waals surface area contributed by atoms with Gasteiger partial charge in [-0.15, -0.1) is 0 Å². The molecular weight excluding hydrogens is 292 g/mol. The Kier molecular flexibility index (Phi) is 5.05. The Morgan fingerprint density at radius 2 is 2.09 bits per heavy atom. The van der Waals surface area contributed by atoms with Crippen molar-refractivity contribution >= 4 is 17.6 Å². The largest absolute Gasteiger partial charge is 0.480 e. The SMILES string of the molecule is O=C(N[C@H](Cc1ccc([N+](=O)[O-])cc1)C(=O)O)[C@H]1CCOC1. The van der Waals surface area contributed by atoms with Gasteiger partial charge in [-0.05, 0) is 12.0 Å². The third-order valence-corrected chi connectivity index (χ3v) is 3.50. The zero-order chi connectivity index (χ0) is 16.1. The lowest BCUT2D eigenvalue weighted by Crippen LogP contribution is -2.45. The van der Waals surface area contributed by atoms with Crippen LogP contribution in [0.15, 0.2) is 24.3 Å². The number of carboxylic acids is 1. The van der Waals surface area contributed by atoms with Gasteiger partial charge < -0.3 is 15.2 Å². The van der Waals surface area contributed by atoms with E-state index in [2.05, 4.69) is 5.32 Å². The molecule has 0 aromatic heterocycles. The van der Waals surface area contributed by atoms with E-state index in [1.54, 1.807) is 0 Å². The normalized spacial score (nSPS) is 18.6. The summed E-state index contributed by atoms with van der Waals surface area (Å²) in [5, 5.41) is 22.3. The number of hydrogen-bond acceptors (Lipinski definition) is 5. The number of hydrogen-bond donors (Lipinski definition) is 2. The van der Waals surface area contributed by atoms with Crippen molar-refractivity contribution in [2.75, 3.05) is 13.2 Å². The maximum atomic E-state index is 12.0. The highest BCUT2D eigenvalue weighted by atomic mass is 16.6. The van der Waals surface area contributed by atoms with Gasteiger partial charge in [0.25, 0.3) is 5.69 Å². The third kappa shape index (κ3) is 4.01. The average Bonchev–Trinajstić information content (AvgIpc) is 3.01. The number of ether oxygens (including phenoxy) is 1. The number of rotatable bonds is 6. The first kappa shape index (κ1) is 15.9. The Morgan fingerprint density at radius 1 is 1.41 bits per heavy atom. The minimum Gasteiger partial charge on any atom is -0.480 e. The van der Waals surface area contributed by atoms with Gasteiger partial charge in [-0.3, -0.25) is 14.9 Å². The molecule has 1 saturated heterocycles. The van der Waals surface area contributed by atoms with E-state index in [1.165, 1.54) is 24.3 Å². The quantitative estimate of drug-likeness (QED) is 0.591. The van der Waals surface area contributed by atoms with Crippen LogP contribution in [0.25, 0.3) is 0 Å². The van der Waals surface area contributed by atoms with E-state index in [-0.39, 0.29) is 23.9 Å². The van der Waals surface area contributed by atoms with Crippen LogP contribution in [0.4, 0.5) is 5.69 Å². The molecule has 8 nitrogen and oxygen atoms in total. The fourth-order valence-electron chi connectivity index (χ4n) is 2.22. The topological polar surface area (TPSA) is 119 Å². The summed E-state index contributed by atoms with van der Waals surface area (Å²) < 4.78 is 5.10. The van der Waals surface area contributed by atoms with E-state index >= 15 is 0 Å². The number of carboxylic acid groups (broad SMARTS) is 1. The van der Waals surface area contributed by atoms with E-state index in [4.69, 9.17) is 4.74 Å². The van der Waals surface area contributed by atoms with Crippen molar-refractivity contribution in [1.82, 2.24) is 5.32 Å². The van der Waals surface area contributed by atoms with E-state index in [1.807, 2.05) is 0 Å². The molecule has 8 heteroatoms. The van der Waals surface area contributed by atoms with Crippen molar-refractivity contribution in [3.8, 4) is 0 Å². The number of non-ortho nitro benzene ring substituents is 1. The number of nitro benzene ring substituents is 1. The molecule has 1 aromatic carbocycles. The summed E-state index contributed by atoms with van der Waals surface area (Å²) in [5.74, 6) is -1.81. The second kappa shape index (κ2) is 6.99. The molecule has 0 unspecified atom stereocenters. The number of benzene rings is 1. The van der Waals surface area contributed by atoms with Crippen molar-refractivity contribution in [2.45, 2.75) is 18.9 Å². The predicted octanol–water partition coefficient (Wildman–Crippen LogP) is 0.743. The molecule has 0 radical (unpaired) electrons. The molecule has 2 N–H and O–H groups in total. The Labute approximate surface area is 126 Å². The molecule has 118 valence electrons. The molecule has 1 aromatic rings. The highest BCUT2D eigenvalue weighted by Gasteiger charge is 2.28. The maximum absolute atomic E-state index is 12.0. The minimum absolute atomic E-state index is 0.0621. The van der Waals surface area contributed by atoms with Crippen LogP contribution in [0.5, 0.6) is 0 Å². The van der Waals surface area contributed by atoms with Crippen LogP contribution in [-0.4, -0.2) is 41.2 Å². The van der Waals surface area contributed by atoms with Gasteiger partial charge in [0.05, 0.1) is 17.4 Å². The summed E-state index contributed by atoms with van der Waals surface area (Å²) in [6.45, 7) is 0.799. The number of nitro groups is 1. The Hall–Kier alpha value is -2.48. The van der Waals surface area contributed by atoms with Crippen molar-refractivity contribution in [2.24, 2.45) is 5.92 Å². The van der Waals surface area contributed by atoms with Gasteiger partial charge >= 0.3 is 5.97 Å². The predicted molar refractivity (Wildman–Crippen MR) is 75.3 cm³/mol. The smallest absolute Gasteiger partial charge is 0.326 e. The van der Waals surface area contributed by atoms with Crippen LogP contribution >= 0.6 is 0 Å². The van der Waals surface area contributed by atoms with Crippen molar-refractivity contribution in [3.63, 3.8) is 0 Å². The number of aliphatic carboxylic acids is 1. The highest BCUT2D eigenvalue weighted by Crippen LogP contribution is 2.15. The fourth-order valence-corrected chi connectivity index (χ4v) is 2.22. The van der Waals surface area contributed by atoms with Crippen molar-refractivity contribution < 1.29 is 24.4 Å². The van der Waals surface area contributed by atoms with Gasteiger partial charge in [-0.25, -0.2) is 4.79 Å². The highest BCUT2D eigenvalue weighted by molar-refractivity contribution is 5.85. The molecule has 2 atom stereocenters. The van der Waals surface area contributed by atoms with Crippen LogP contribution < -0.4 is 5.32 Å². The number of nitrogens with one attached hydrogen (secondary N) is 1. The first-order chi connectivity index (χ1) is 10.5. The lowest BCUT2D eigenvalue weighted by atomic mass is 10.0. The summed E-state index contributed by atoms with van der Waals surface area (Å²) in [6.07, 6.45) is 0.641. The second-order valence-corrected chi connectivity index (χ2v) is 5.09. The van der Waals surface area contributed by atoms with E-state index < -0.39 is 16.9 Å². The third-order valence-electron chi connectivity index (χ3n) is 3.50. The number of nitrogens with zero attached hydrogens (tertiary/aromatic N) is 1. The average molecular weight is 308 g/mol. The van der Waals surface area contributed by atoms with Crippen LogP contribution in [0.3, 0.4) is 0 Å². The number of amides is 1. The van der Waals surface area contributed by atoms with Gasteiger partial charge in [-0.2, -0.15) is 0 Å². The minimum atomic E-state index is -1.15. The molecule has 0 aliphatic carbocycles. The van der Waals surface area contributed by atoms with Crippen LogP contribution in [0.2, 0.25) is 0 Å². The van der Waals surface area contributed by atoms with E-state index in [0.717, 1.165) is 0 Å². The van der Waals surface area contributed by atoms with Crippen molar-refractivity contribution in [1.29, 1.82) is 0 Å². The molecule has 1 aliphatic heterocycles. The molecule has 0 bridgehead atoms. The molecule has 1 fully saturated rings. The Bertz CT molecular complexity index is 565. The lowest BCUT2D eigenvalue weighted by Gasteiger charge is -2.16. The number of carbonyl (C=O) groups excluding carboxylic acids is 1. The molecule has 2 rings (SSSR count). The molecule has 22 heavy (non-hydrogen) atoms. The summed E-state index contributed by atoms with van der Waals surface area (Å²) in [4.78, 5) is 33.3. The molecule has 1 heterocycles. The number of carbonyl (C=O) groups is 2. The summed E-state index contributed by atoms with van der Waals surface area (Å²) in [5.41, 5.74) is 0.531. The fraction of sp³-hybridized carbons (Fsp3) is 0.429. The summed E-state index contributed by atoms with van der Waals surface area (Å²) >= 11 is 0. The Balaban J connectivity index is 2.00. The lowest BCUT2D eigenvalue weighted by molar-refractivity contribution is -0.384.